The van der Waals surface area contributed by atoms with Gasteiger partial charge in [-0.2, -0.15) is 4.31 Å². The van der Waals surface area contributed by atoms with E-state index >= 15 is 0 Å². The average Bonchev–Trinajstić information content (AvgIpc) is 2.37. The number of benzene rings is 1. The van der Waals surface area contributed by atoms with Crippen LogP contribution in [-0.2, 0) is 19.6 Å². The summed E-state index contributed by atoms with van der Waals surface area (Å²) in [6.45, 7) is 0.164. The van der Waals surface area contributed by atoms with Crippen molar-refractivity contribution in [1.29, 1.82) is 0 Å². The molecule has 1 aliphatic heterocycles. The van der Waals surface area contributed by atoms with Crippen LogP contribution in [0.4, 0.5) is 5.69 Å². The minimum Gasteiger partial charge on any atom is -0.398 e. The Bertz CT molecular complexity index is 657. The van der Waals surface area contributed by atoms with Gasteiger partial charge in [-0.3, -0.25) is 4.79 Å². The third-order valence-corrected chi connectivity index (χ3v) is 6.38. The molecule has 0 saturated carbocycles. The number of nitrogen functional groups attached to an aromatic ring is 1. The molecule has 1 fully saturated rings. The Balaban J connectivity index is 2.53. The number of amides is 1. The molecule has 4 N–H and O–H groups in total. The number of nitrogens with zero attached hydrogens (tertiary/aromatic N) is 1. The highest BCUT2D eigenvalue weighted by Crippen LogP contribution is 2.34. The van der Waals surface area contributed by atoms with Gasteiger partial charge in [0, 0.05) is 15.5 Å². The van der Waals surface area contributed by atoms with Crippen LogP contribution in [-0.4, -0.2) is 44.4 Å². The summed E-state index contributed by atoms with van der Waals surface area (Å²) in [6, 6.07) is 2.01. The van der Waals surface area contributed by atoms with Crippen molar-refractivity contribution in [3.63, 3.8) is 0 Å². The van der Waals surface area contributed by atoms with Gasteiger partial charge in [0.2, 0.25) is 15.9 Å². The number of nitrogens with two attached hydrogens (primary N) is 2. The van der Waals surface area contributed by atoms with Gasteiger partial charge >= 0.3 is 0 Å². The Labute approximate surface area is 138 Å². The zero-order valence-electron chi connectivity index (χ0n) is 10.8. The number of halogens is 2. The minimum absolute atomic E-state index is 0.0396. The van der Waals surface area contributed by atoms with E-state index in [1.165, 1.54) is 6.07 Å². The quantitative estimate of drug-likeness (QED) is 0.667. The highest BCUT2D eigenvalue weighted by Gasteiger charge is 2.39. The first kappa shape index (κ1) is 16.7. The van der Waals surface area contributed by atoms with Crippen LogP contribution in [0.2, 0.25) is 0 Å². The Hall–Kier alpha value is -0.680. The summed E-state index contributed by atoms with van der Waals surface area (Å²) in [6.07, 6.45) is 0. The Morgan fingerprint density at radius 3 is 2.62 bits per heavy atom. The van der Waals surface area contributed by atoms with E-state index in [2.05, 4.69) is 31.9 Å². The molecule has 0 spiro atoms. The second kappa shape index (κ2) is 6.21. The maximum absolute atomic E-state index is 12.8. The van der Waals surface area contributed by atoms with Crippen molar-refractivity contribution in [1.82, 2.24) is 4.31 Å². The molecule has 0 aromatic heterocycles. The molecule has 1 unspecified atom stereocenters. The number of ether oxygens (including phenoxy) is 1. The summed E-state index contributed by atoms with van der Waals surface area (Å²) in [4.78, 5) is 11.4. The van der Waals surface area contributed by atoms with Crippen molar-refractivity contribution in [2.24, 2.45) is 5.73 Å². The van der Waals surface area contributed by atoms with Gasteiger partial charge < -0.3 is 16.2 Å². The predicted molar refractivity (Wildman–Crippen MR) is 83.9 cm³/mol. The zero-order valence-corrected chi connectivity index (χ0v) is 14.7. The fraction of sp³-hybridized carbons (Fsp3) is 0.364. The number of morpholine rings is 1. The minimum atomic E-state index is -3.97. The molecule has 10 heteroatoms. The van der Waals surface area contributed by atoms with E-state index in [9.17, 15) is 13.2 Å². The van der Waals surface area contributed by atoms with Crippen molar-refractivity contribution >= 4 is 53.5 Å². The van der Waals surface area contributed by atoms with E-state index in [0.29, 0.717) is 8.95 Å². The number of carbonyl (C=O) groups excluding carboxylic acids is 1. The maximum atomic E-state index is 12.8. The van der Waals surface area contributed by atoms with Crippen LogP contribution in [0.5, 0.6) is 0 Å². The molecular weight excluding hydrogens is 430 g/mol. The molecule has 0 aliphatic carbocycles. The molecule has 1 aromatic rings. The predicted octanol–water partition coefficient (Wildman–Crippen LogP) is 0.669. The van der Waals surface area contributed by atoms with Gasteiger partial charge in [-0.1, -0.05) is 15.9 Å². The van der Waals surface area contributed by atoms with E-state index in [-0.39, 0.29) is 30.3 Å². The van der Waals surface area contributed by atoms with E-state index < -0.39 is 22.0 Å². The number of primary amides is 1. The van der Waals surface area contributed by atoms with Gasteiger partial charge in [0.05, 0.1) is 18.9 Å². The molecule has 1 aliphatic rings. The Morgan fingerprint density at radius 2 is 2.05 bits per heavy atom. The molecule has 1 heterocycles. The molecule has 1 atom stereocenters. The van der Waals surface area contributed by atoms with E-state index in [0.717, 1.165) is 4.31 Å². The second-order valence-electron chi connectivity index (χ2n) is 4.41. The molecule has 0 bridgehead atoms. The molecule has 1 amide bonds. The van der Waals surface area contributed by atoms with Crippen molar-refractivity contribution in [2.75, 3.05) is 25.5 Å². The molecule has 0 radical (unpaired) electrons. The normalized spacial score (nSPS) is 20.4. The molecule has 2 rings (SSSR count). The second-order valence-corrected chi connectivity index (χ2v) is 8.01. The summed E-state index contributed by atoms with van der Waals surface area (Å²) in [5.74, 6) is -0.759. The SMILES string of the molecule is NC(=O)C1COCCN1S(=O)(=O)c1c(N)cc(Br)cc1Br. The summed E-state index contributed by atoms with van der Waals surface area (Å²) in [5, 5.41) is 0. The van der Waals surface area contributed by atoms with Crippen molar-refractivity contribution in [3.05, 3.63) is 21.1 Å². The topological polar surface area (TPSA) is 116 Å². The van der Waals surface area contributed by atoms with Gasteiger partial charge in [0.1, 0.15) is 10.9 Å². The zero-order chi connectivity index (χ0) is 15.8. The van der Waals surface area contributed by atoms with Crippen LogP contribution in [0, 0.1) is 0 Å². The molecule has 7 nitrogen and oxygen atoms in total. The first-order chi connectivity index (χ1) is 9.75. The van der Waals surface area contributed by atoms with E-state index in [4.69, 9.17) is 16.2 Å². The molecule has 21 heavy (non-hydrogen) atoms. The Kier molecular flexibility index (Phi) is 4.93. The number of hydrogen-bond donors (Lipinski definition) is 2. The summed E-state index contributed by atoms with van der Waals surface area (Å²) in [7, 11) is -3.97. The molecular formula is C11H13Br2N3O4S. The summed E-state index contributed by atoms with van der Waals surface area (Å²) < 4.78 is 32.7. The van der Waals surface area contributed by atoms with Gasteiger partial charge in [-0.25, -0.2) is 8.42 Å². The largest absolute Gasteiger partial charge is 0.398 e. The van der Waals surface area contributed by atoms with Crippen LogP contribution in [0.25, 0.3) is 0 Å². The van der Waals surface area contributed by atoms with Crippen molar-refractivity contribution < 1.29 is 17.9 Å². The van der Waals surface area contributed by atoms with Gasteiger partial charge in [-0.15, -0.1) is 0 Å². The standard InChI is InChI=1S/C11H13Br2N3O4S/c12-6-3-7(13)10(8(14)4-6)21(18,19)16-1-2-20-5-9(16)11(15)17/h3-4,9H,1-2,5,14H2,(H2,15,17). The van der Waals surface area contributed by atoms with Crippen LogP contribution in [0.3, 0.4) is 0 Å². The number of hydrogen-bond acceptors (Lipinski definition) is 5. The molecule has 1 saturated heterocycles. The van der Waals surface area contributed by atoms with Crippen LogP contribution in [0.1, 0.15) is 0 Å². The number of sulfonamides is 1. The third-order valence-electron chi connectivity index (χ3n) is 3.01. The fourth-order valence-corrected chi connectivity index (χ4v) is 5.65. The number of anilines is 1. The smallest absolute Gasteiger partial charge is 0.247 e. The number of rotatable bonds is 3. The number of carbonyl (C=O) groups is 1. The lowest BCUT2D eigenvalue weighted by Crippen LogP contribution is -2.54. The Morgan fingerprint density at radius 1 is 1.38 bits per heavy atom. The highest BCUT2D eigenvalue weighted by molar-refractivity contribution is 9.11. The first-order valence-corrected chi connectivity index (χ1v) is 8.91. The van der Waals surface area contributed by atoms with E-state index in [1.54, 1.807) is 6.07 Å². The van der Waals surface area contributed by atoms with Crippen molar-refractivity contribution in [3.8, 4) is 0 Å². The lowest BCUT2D eigenvalue weighted by Gasteiger charge is -2.33. The molecule has 116 valence electrons. The first-order valence-electron chi connectivity index (χ1n) is 5.88. The maximum Gasteiger partial charge on any atom is 0.247 e. The fourth-order valence-electron chi connectivity index (χ4n) is 2.07. The van der Waals surface area contributed by atoms with E-state index in [1.807, 2.05) is 0 Å². The molecule has 1 aromatic carbocycles. The van der Waals surface area contributed by atoms with Crippen LogP contribution in [0.15, 0.2) is 26.0 Å². The summed E-state index contributed by atoms with van der Waals surface area (Å²) in [5.41, 5.74) is 11.2. The van der Waals surface area contributed by atoms with Gasteiger partial charge in [-0.05, 0) is 28.1 Å². The van der Waals surface area contributed by atoms with Gasteiger partial charge in [0.15, 0.2) is 0 Å². The highest BCUT2D eigenvalue weighted by atomic mass is 79.9. The van der Waals surface area contributed by atoms with Gasteiger partial charge in [0.25, 0.3) is 0 Å². The van der Waals surface area contributed by atoms with Crippen LogP contribution < -0.4 is 11.5 Å². The lowest BCUT2D eigenvalue weighted by molar-refractivity contribution is -0.125. The average molecular weight is 443 g/mol. The van der Waals surface area contributed by atoms with Crippen molar-refractivity contribution in [2.45, 2.75) is 10.9 Å². The monoisotopic (exact) mass is 441 g/mol. The lowest BCUT2D eigenvalue weighted by atomic mass is 10.3. The summed E-state index contributed by atoms with van der Waals surface area (Å²) >= 11 is 6.43. The van der Waals surface area contributed by atoms with Crippen LogP contribution >= 0.6 is 31.9 Å². The third kappa shape index (κ3) is 3.24.